The summed E-state index contributed by atoms with van der Waals surface area (Å²) >= 11 is 12.7. The summed E-state index contributed by atoms with van der Waals surface area (Å²) < 4.78 is 15.5. The van der Waals surface area contributed by atoms with Crippen molar-refractivity contribution in [1.29, 1.82) is 0 Å². The Bertz CT molecular complexity index is 1370. The van der Waals surface area contributed by atoms with Gasteiger partial charge in [0.25, 0.3) is 0 Å². The standard InChI is InChI=1S/C28H24Cl2FN3O/c1-17(18-6-3-2-4-7-18)32-28(35)23-9-5-8-22-26(23)33-34(25-15-12-20(29)16-24(25)30)27(22)19-10-13-21(31)14-11-19/h2-4,6-7,10-17,23H,5,8-9H2,1H3,(H,32,35)/t17-,23+/m1/s1. The predicted molar refractivity (Wildman–Crippen MR) is 138 cm³/mol. The van der Waals surface area contributed by atoms with Crippen molar-refractivity contribution in [3.05, 3.63) is 105 Å². The summed E-state index contributed by atoms with van der Waals surface area (Å²) in [6.45, 7) is 1.98. The molecule has 0 radical (unpaired) electrons. The highest BCUT2D eigenvalue weighted by Gasteiger charge is 2.34. The topological polar surface area (TPSA) is 46.9 Å². The minimum absolute atomic E-state index is 0.0557. The van der Waals surface area contributed by atoms with Gasteiger partial charge in [0, 0.05) is 16.1 Å². The molecule has 0 spiro atoms. The number of aromatic nitrogens is 2. The zero-order valence-electron chi connectivity index (χ0n) is 19.1. The molecular formula is C28H24Cl2FN3O. The van der Waals surface area contributed by atoms with E-state index < -0.39 is 5.92 Å². The van der Waals surface area contributed by atoms with E-state index in [2.05, 4.69) is 5.32 Å². The van der Waals surface area contributed by atoms with Crippen molar-refractivity contribution in [3.8, 4) is 16.9 Å². The second-order valence-electron chi connectivity index (χ2n) is 8.81. The Morgan fingerprint density at radius 3 is 2.54 bits per heavy atom. The van der Waals surface area contributed by atoms with Gasteiger partial charge in [-0.3, -0.25) is 4.79 Å². The third kappa shape index (κ3) is 4.71. The SMILES string of the molecule is C[C@@H](NC(=O)[C@H]1CCCc2c1nn(-c1ccc(Cl)cc1Cl)c2-c1ccc(F)cc1)c1ccccc1. The fourth-order valence-corrected chi connectivity index (χ4v) is 5.23. The van der Waals surface area contributed by atoms with Gasteiger partial charge in [0.15, 0.2) is 0 Å². The van der Waals surface area contributed by atoms with E-state index >= 15 is 0 Å². The molecule has 1 aliphatic carbocycles. The molecule has 3 aromatic carbocycles. The molecule has 35 heavy (non-hydrogen) atoms. The zero-order chi connectivity index (χ0) is 24.5. The fraction of sp³-hybridized carbons (Fsp3) is 0.214. The molecule has 2 atom stereocenters. The van der Waals surface area contributed by atoms with Gasteiger partial charge in [0.05, 0.1) is 34.1 Å². The third-order valence-electron chi connectivity index (χ3n) is 6.49. The fourth-order valence-electron chi connectivity index (χ4n) is 4.74. The Labute approximate surface area is 213 Å². The average molecular weight is 508 g/mol. The van der Waals surface area contributed by atoms with Gasteiger partial charge < -0.3 is 5.32 Å². The van der Waals surface area contributed by atoms with E-state index in [0.29, 0.717) is 22.2 Å². The molecule has 1 amide bonds. The highest BCUT2D eigenvalue weighted by atomic mass is 35.5. The van der Waals surface area contributed by atoms with E-state index in [1.54, 1.807) is 28.9 Å². The number of rotatable bonds is 5. The van der Waals surface area contributed by atoms with Crippen LogP contribution in [0.2, 0.25) is 10.0 Å². The summed E-state index contributed by atoms with van der Waals surface area (Å²) in [4.78, 5) is 13.4. The van der Waals surface area contributed by atoms with Gasteiger partial charge in [0.2, 0.25) is 5.91 Å². The monoisotopic (exact) mass is 507 g/mol. The van der Waals surface area contributed by atoms with Gasteiger partial charge in [-0.2, -0.15) is 5.10 Å². The number of nitrogens with one attached hydrogen (secondary N) is 1. The van der Waals surface area contributed by atoms with Crippen LogP contribution in [-0.2, 0) is 11.2 Å². The number of hydrogen-bond acceptors (Lipinski definition) is 2. The maximum Gasteiger partial charge on any atom is 0.229 e. The van der Waals surface area contributed by atoms with Crippen LogP contribution < -0.4 is 5.32 Å². The van der Waals surface area contributed by atoms with Crippen LogP contribution in [0.4, 0.5) is 4.39 Å². The first-order valence-electron chi connectivity index (χ1n) is 11.6. The Balaban J connectivity index is 1.58. The van der Waals surface area contributed by atoms with Crippen molar-refractivity contribution in [3.63, 3.8) is 0 Å². The van der Waals surface area contributed by atoms with Crippen LogP contribution in [0.3, 0.4) is 0 Å². The number of carbonyl (C=O) groups is 1. The first-order valence-corrected chi connectivity index (χ1v) is 12.4. The molecule has 5 rings (SSSR count). The quantitative estimate of drug-likeness (QED) is 0.308. The Kier molecular flexibility index (Phi) is 6.63. The highest BCUT2D eigenvalue weighted by molar-refractivity contribution is 6.35. The minimum Gasteiger partial charge on any atom is -0.349 e. The molecule has 0 bridgehead atoms. The maximum absolute atomic E-state index is 13.7. The van der Waals surface area contributed by atoms with Crippen molar-refractivity contribution >= 4 is 29.1 Å². The van der Waals surface area contributed by atoms with Gasteiger partial charge in [-0.05, 0) is 74.2 Å². The Hall–Kier alpha value is -3.15. The molecule has 4 nitrogen and oxygen atoms in total. The van der Waals surface area contributed by atoms with Gasteiger partial charge in [-0.1, -0.05) is 53.5 Å². The van der Waals surface area contributed by atoms with E-state index in [-0.39, 0.29) is 17.8 Å². The smallest absolute Gasteiger partial charge is 0.229 e. The maximum atomic E-state index is 13.7. The summed E-state index contributed by atoms with van der Waals surface area (Å²) in [5.41, 5.74) is 5.05. The minimum atomic E-state index is -0.392. The van der Waals surface area contributed by atoms with E-state index in [0.717, 1.165) is 40.9 Å². The van der Waals surface area contributed by atoms with Crippen LogP contribution in [0.1, 0.15) is 48.5 Å². The van der Waals surface area contributed by atoms with E-state index in [1.807, 2.05) is 43.3 Å². The van der Waals surface area contributed by atoms with Crippen molar-refractivity contribution in [2.45, 2.75) is 38.1 Å². The number of benzene rings is 3. The number of halogens is 3. The van der Waals surface area contributed by atoms with Gasteiger partial charge in [-0.15, -0.1) is 0 Å². The van der Waals surface area contributed by atoms with Crippen molar-refractivity contribution in [2.75, 3.05) is 0 Å². The molecule has 1 aromatic heterocycles. The molecule has 0 fully saturated rings. The van der Waals surface area contributed by atoms with Gasteiger partial charge in [-0.25, -0.2) is 9.07 Å². The number of amides is 1. The highest BCUT2D eigenvalue weighted by Crippen LogP contribution is 2.40. The van der Waals surface area contributed by atoms with E-state index in [9.17, 15) is 9.18 Å². The van der Waals surface area contributed by atoms with Crippen LogP contribution in [0.15, 0.2) is 72.8 Å². The summed E-state index contributed by atoms with van der Waals surface area (Å²) in [5.74, 6) is -0.762. The molecule has 0 unspecified atom stereocenters. The lowest BCUT2D eigenvalue weighted by Gasteiger charge is -2.23. The summed E-state index contributed by atoms with van der Waals surface area (Å²) in [6, 6.07) is 21.3. The molecular weight excluding hydrogens is 484 g/mol. The van der Waals surface area contributed by atoms with E-state index in [4.69, 9.17) is 28.3 Å². The van der Waals surface area contributed by atoms with Crippen LogP contribution in [0.25, 0.3) is 16.9 Å². The van der Waals surface area contributed by atoms with Crippen molar-refractivity contribution in [2.24, 2.45) is 0 Å². The van der Waals surface area contributed by atoms with Gasteiger partial charge >= 0.3 is 0 Å². The summed E-state index contributed by atoms with van der Waals surface area (Å²) in [6.07, 6.45) is 2.32. The second-order valence-corrected chi connectivity index (χ2v) is 9.66. The lowest BCUT2D eigenvalue weighted by atomic mass is 9.85. The predicted octanol–water partition coefficient (Wildman–Crippen LogP) is 7.28. The largest absolute Gasteiger partial charge is 0.349 e. The van der Waals surface area contributed by atoms with Crippen LogP contribution in [-0.4, -0.2) is 15.7 Å². The molecule has 0 aliphatic heterocycles. The van der Waals surface area contributed by atoms with Crippen molar-refractivity contribution < 1.29 is 9.18 Å². The summed E-state index contributed by atoms with van der Waals surface area (Å²) in [5, 5.41) is 9.05. The summed E-state index contributed by atoms with van der Waals surface area (Å²) in [7, 11) is 0. The first-order chi connectivity index (χ1) is 16.9. The molecule has 1 aliphatic rings. The number of carbonyl (C=O) groups excluding carboxylic acids is 1. The Morgan fingerprint density at radius 1 is 1.09 bits per heavy atom. The lowest BCUT2D eigenvalue weighted by Crippen LogP contribution is -2.33. The second kappa shape index (κ2) is 9.84. The first kappa shape index (κ1) is 23.6. The lowest BCUT2D eigenvalue weighted by molar-refractivity contribution is -0.123. The zero-order valence-corrected chi connectivity index (χ0v) is 20.7. The van der Waals surface area contributed by atoms with E-state index in [1.165, 1.54) is 12.1 Å². The van der Waals surface area contributed by atoms with Crippen molar-refractivity contribution in [1.82, 2.24) is 15.1 Å². The molecule has 1 N–H and O–H groups in total. The molecule has 0 saturated carbocycles. The van der Waals surface area contributed by atoms with Gasteiger partial charge in [0.1, 0.15) is 5.82 Å². The number of hydrogen-bond donors (Lipinski definition) is 1. The number of nitrogens with zero attached hydrogens (tertiary/aromatic N) is 2. The van der Waals surface area contributed by atoms with Crippen LogP contribution in [0, 0.1) is 5.82 Å². The normalized spacial score (nSPS) is 15.9. The third-order valence-corrected chi connectivity index (χ3v) is 7.03. The molecule has 7 heteroatoms. The molecule has 178 valence electrons. The molecule has 0 saturated heterocycles. The average Bonchev–Trinajstić information content (AvgIpc) is 3.24. The number of fused-ring (bicyclic) bond motifs is 1. The van der Waals surface area contributed by atoms with Crippen LogP contribution in [0.5, 0.6) is 0 Å². The molecule has 4 aromatic rings. The molecule has 1 heterocycles. The van der Waals surface area contributed by atoms with Crippen LogP contribution >= 0.6 is 23.2 Å². The Morgan fingerprint density at radius 2 is 1.83 bits per heavy atom.